The summed E-state index contributed by atoms with van der Waals surface area (Å²) >= 11 is 0. The summed E-state index contributed by atoms with van der Waals surface area (Å²) in [5.74, 6) is 0. The fourth-order valence-corrected chi connectivity index (χ4v) is 0.385. The SMILES string of the molecule is Br.F.F.F.F.F.[MgH2].c1ccccc1. The Balaban J connectivity index is -0.0000000103. The summed E-state index contributed by atoms with van der Waals surface area (Å²) < 4.78 is 0. The smallest absolute Gasteiger partial charge is 0.269 e. The molecular weight excluding hydrogens is 271 g/mol. The quantitative estimate of drug-likeness (QED) is 0.506. The van der Waals surface area contributed by atoms with Crippen LogP contribution in [0.5, 0.6) is 0 Å². The van der Waals surface area contributed by atoms with Crippen molar-refractivity contribution >= 4 is 40.0 Å². The molecule has 0 atom stereocenters. The molecule has 0 aromatic heterocycles. The van der Waals surface area contributed by atoms with Crippen molar-refractivity contribution in [1.29, 1.82) is 0 Å². The van der Waals surface area contributed by atoms with Crippen LogP contribution in [0, 0.1) is 0 Å². The number of benzene rings is 1. The average Bonchev–Trinajstić information content (AvgIpc) is 1.72. The standard InChI is InChI=1S/C6H6.BrH.5FH.Mg.2H/c1-2-4-6-5-3-1;;;;;;;;;/h1-6H;6*1H;;;. The molecular formula is C6H14BrF5Mg. The molecule has 0 aliphatic rings. The van der Waals surface area contributed by atoms with Crippen molar-refractivity contribution in [3.05, 3.63) is 36.4 Å². The van der Waals surface area contributed by atoms with Crippen molar-refractivity contribution in [2.24, 2.45) is 0 Å². The van der Waals surface area contributed by atoms with Crippen molar-refractivity contribution in [3.8, 4) is 0 Å². The highest BCUT2D eigenvalue weighted by Gasteiger charge is 1.57. The lowest BCUT2D eigenvalue weighted by Crippen LogP contribution is -1.47. The van der Waals surface area contributed by atoms with E-state index in [2.05, 4.69) is 0 Å². The van der Waals surface area contributed by atoms with Gasteiger partial charge in [0.2, 0.25) is 0 Å². The monoisotopic (exact) mass is 284 g/mol. The van der Waals surface area contributed by atoms with E-state index in [9.17, 15) is 0 Å². The Hall–Kier alpha value is 0.116. The normalized spacial score (nSPS) is 3.69. The highest BCUT2D eigenvalue weighted by atomic mass is 79.9. The molecule has 7 heteroatoms. The van der Waals surface area contributed by atoms with Crippen molar-refractivity contribution in [2.45, 2.75) is 0 Å². The number of halogens is 6. The van der Waals surface area contributed by atoms with E-state index in [0.717, 1.165) is 0 Å². The van der Waals surface area contributed by atoms with Crippen LogP contribution in [0.1, 0.15) is 0 Å². The van der Waals surface area contributed by atoms with Crippen LogP contribution < -0.4 is 0 Å². The van der Waals surface area contributed by atoms with Gasteiger partial charge >= 0.3 is 23.1 Å². The summed E-state index contributed by atoms with van der Waals surface area (Å²) in [6, 6.07) is 12.0. The van der Waals surface area contributed by atoms with Gasteiger partial charge in [-0.25, -0.2) is 0 Å². The summed E-state index contributed by atoms with van der Waals surface area (Å²) in [7, 11) is 0. The molecule has 0 aliphatic heterocycles. The van der Waals surface area contributed by atoms with Crippen LogP contribution >= 0.6 is 17.0 Å². The van der Waals surface area contributed by atoms with Gasteiger partial charge in [0.15, 0.2) is 0 Å². The average molecular weight is 285 g/mol. The molecule has 0 fully saturated rings. The summed E-state index contributed by atoms with van der Waals surface area (Å²) in [6.07, 6.45) is 0. The zero-order chi connectivity index (χ0) is 4.24. The second kappa shape index (κ2) is 40.0. The minimum atomic E-state index is 0. The van der Waals surface area contributed by atoms with Crippen LogP contribution in [0.25, 0.3) is 0 Å². The fourth-order valence-electron chi connectivity index (χ4n) is 0.385. The molecule has 0 radical (unpaired) electrons. The van der Waals surface area contributed by atoms with E-state index in [0.29, 0.717) is 0 Å². The van der Waals surface area contributed by atoms with E-state index in [-0.39, 0.29) is 63.6 Å². The Morgan fingerprint density at radius 1 is 0.385 bits per heavy atom. The van der Waals surface area contributed by atoms with Crippen LogP contribution in [0.4, 0.5) is 23.5 Å². The summed E-state index contributed by atoms with van der Waals surface area (Å²) in [5, 5.41) is 0. The molecule has 0 saturated carbocycles. The highest BCUT2D eigenvalue weighted by Crippen LogP contribution is 1.79. The van der Waals surface area contributed by atoms with Crippen LogP contribution in [0.15, 0.2) is 36.4 Å². The summed E-state index contributed by atoms with van der Waals surface area (Å²) in [6.45, 7) is 0. The first kappa shape index (κ1) is 51.5. The molecule has 0 N–H and O–H groups in total. The molecule has 1 rings (SSSR count). The van der Waals surface area contributed by atoms with Gasteiger partial charge in [0, 0.05) is 0 Å². The Morgan fingerprint density at radius 2 is 0.462 bits per heavy atom. The van der Waals surface area contributed by atoms with Crippen molar-refractivity contribution in [2.75, 3.05) is 0 Å². The van der Waals surface area contributed by atoms with Crippen molar-refractivity contribution in [3.63, 3.8) is 0 Å². The van der Waals surface area contributed by atoms with Gasteiger partial charge in [0.05, 0.1) is 0 Å². The Bertz CT molecular complexity index is 92.9. The predicted molar refractivity (Wildman–Crippen MR) is 57.8 cm³/mol. The molecule has 0 unspecified atom stereocenters. The van der Waals surface area contributed by atoms with Crippen LogP contribution in [-0.4, -0.2) is 23.1 Å². The number of hydrogen-bond donors (Lipinski definition) is 0. The Morgan fingerprint density at radius 3 is 0.538 bits per heavy atom. The predicted octanol–water partition coefficient (Wildman–Crippen LogP) is 2.11. The van der Waals surface area contributed by atoms with Gasteiger partial charge in [-0.15, -0.1) is 17.0 Å². The largest absolute Gasteiger partial charge is 0.316 e. The topological polar surface area (TPSA) is 0 Å². The van der Waals surface area contributed by atoms with Crippen LogP contribution in [0.2, 0.25) is 0 Å². The molecule has 0 spiro atoms. The molecule has 0 aliphatic carbocycles. The Labute approximate surface area is 99.9 Å². The third-order valence-electron chi connectivity index (χ3n) is 0.667. The second-order valence-corrected chi connectivity index (χ2v) is 1.15. The highest BCUT2D eigenvalue weighted by molar-refractivity contribution is 8.93. The van der Waals surface area contributed by atoms with Gasteiger partial charge in [-0.2, -0.15) is 0 Å². The van der Waals surface area contributed by atoms with Gasteiger partial charge in [0.25, 0.3) is 0 Å². The molecule has 0 heterocycles. The molecule has 1 aromatic rings. The summed E-state index contributed by atoms with van der Waals surface area (Å²) in [5.41, 5.74) is 0. The maximum atomic E-state index is 2.00. The van der Waals surface area contributed by atoms with E-state index < -0.39 is 0 Å². The molecule has 0 bridgehead atoms. The first-order valence-electron chi connectivity index (χ1n) is 2.00. The lowest BCUT2D eigenvalue weighted by atomic mass is 10.4. The lowest BCUT2D eigenvalue weighted by molar-refractivity contribution is 1.11. The zero-order valence-electron chi connectivity index (χ0n) is 5.91. The van der Waals surface area contributed by atoms with E-state index in [4.69, 9.17) is 0 Å². The minimum Gasteiger partial charge on any atom is -0.269 e. The zero-order valence-corrected chi connectivity index (χ0v) is 7.63. The fraction of sp³-hybridized carbons (Fsp3) is 0. The van der Waals surface area contributed by atoms with Crippen LogP contribution in [-0.2, 0) is 0 Å². The van der Waals surface area contributed by atoms with Gasteiger partial charge in [-0.1, -0.05) is 36.4 Å². The maximum Gasteiger partial charge on any atom is 0.316 e. The van der Waals surface area contributed by atoms with Gasteiger partial charge in [-0.3, -0.25) is 23.5 Å². The van der Waals surface area contributed by atoms with Gasteiger partial charge in [-0.05, 0) is 0 Å². The van der Waals surface area contributed by atoms with Gasteiger partial charge in [0.1, 0.15) is 0 Å². The van der Waals surface area contributed by atoms with E-state index in [1.807, 2.05) is 36.4 Å². The molecule has 82 valence electrons. The molecule has 0 nitrogen and oxygen atoms in total. The minimum absolute atomic E-state index is 0. The molecule has 1 aromatic carbocycles. The molecule has 13 heavy (non-hydrogen) atoms. The van der Waals surface area contributed by atoms with Crippen molar-refractivity contribution in [1.82, 2.24) is 0 Å². The van der Waals surface area contributed by atoms with Crippen LogP contribution in [0.3, 0.4) is 0 Å². The van der Waals surface area contributed by atoms with E-state index >= 15 is 0 Å². The molecule has 0 saturated heterocycles. The first-order chi connectivity index (χ1) is 3.00. The second-order valence-electron chi connectivity index (χ2n) is 1.15. The Kier molecular flexibility index (Phi) is 158. The van der Waals surface area contributed by atoms with Crippen molar-refractivity contribution < 1.29 is 23.5 Å². The third kappa shape index (κ3) is 33.1. The molecule has 0 amide bonds. The first-order valence-corrected chi connectivity index (χ1v) is 2.00. The van der Waals surface area contributed by atoms with E-state index in [1.54, 1.807) is 0 Å². The maximum absolute atomic E-state index is 2.00. The van der Waals surface area contributed by atoms with E-state index in [1.165, 1.54) is 0 Å². The number of hydrogen-bond acceptors (Lipinski definition) is 0. The summed E-state index contributed by atoms with van der Waals surface area (Å²) in [4.78, 5) is 0. The van der Waals surface area contributed by atoms with Gasteiger partial charge < -0.3 is 0 Å². The lowest BCUT2D eigenvalue weighted by Gasteiger charge is -1.69. The number of rotatable bonds is 0. The third-order valence-corrected chi connectivity index (χ3v) is 0.667.